The Morgan fingerprint density at radius 3 is 2.76 bits per heavy atom. The molecule has 0 saturated heterocycles. The van der Waals surface area contributed by atoms with E-state index in [-0.39, 0.29) is 18.2 Å². The van der Waals surface area contributed by atoms with Gasteiger partial charge in [0.1, 0.15) is 18.0 Å². The maximum Gasteiger partial charge on any atom is 0.310 e. The molecule has 1 N–H and O–H groups in total. The van der Waals surface area contributed by atoms with Gasteiger partial charge in [-0.05, 0) is 36.8 Å². The zero-order chi connectivity index (χ0) is 20.2. The van der Waals surface area contributed by atoms with Crippen molar-refractivity contribution < 1.29 is 13.9 Å². The average Bonchev–Trinajstić information content (AvgIpc) is 3.18. The van der Waals surface area contributed by atoms with E-state index < -0.39 is 0 Å². The summed E-state index contributed by atoms with van der Waals surface area (Å²) in [5, 5.41) is 7.39. The molecule has 0 unspecified atom stereocenters. The number of fused-ring (bicyclic) bond motifs is 1. The van der Waals surface area contributed by atoms with Crippen LogP contribution in [0.25, 0.3) is 17.0 Å². The van der Waals surface area contributed by atoms with Crippen LogP contribution >= 0.6 is 0 Å². The maximum absolute atomic E-state index is 13.7. The van der Waals surface area contributed by atoms with Gasteiger partial charge >= 0.3 is 5.97 Å². The molecule has 2 heterocycles. The highest BCUT2D eigenvalue weighted by molar-refractivity contribution is 5.73. The van der Waals surface area contributed by atoms with E-state index in [9.17, 15) is 9.18 Å². The molecular formula is C21H18FN5O2. The van der Waals surface area contributed by atoms with Crippen molar-refractivity contribution in [2.75, 3.05) is 11.9 Å². The van der Waals surface area contributed by atoms with Gasteiger partial charge in [0.2, 0.25) is 0 Å². The minimum atomic E-state index is -0.334. The lowest BCUT2D eigenvalue weighted by molar-refractivity contribution is -0.142. The SMILES string of the molecule is CCOC(=O)Cc1ccc(Nc2cc(-c3cccc(F)c3)n3ncnc3n2)cc1. The number of hydrogen-bond donors (Lipinski definition) is 1. The Labute approximate surface area is 166 Å². The molecule has 0 spiro atoms. The summed E-state index contributed by atoms with van der Waals surface area (Å²) >= 11 is 0. The summed E-state index contributed by atoms with van der Waals surface area (Å²) in [6, 6.07) is 15.5. The second-order valence-electron chi connectivity index (χ2n) is 6.31. The van der Waals surface area contributed by atoms with Crippen LogP contribution in [0.15, 0.2) is 60.9 Å². The van der Waals surface area contributed by atoms with Crippen molar-refractivity contribution in [2.24, 2.45) is 0 Å². The van der Waals surface area contributed by atoms with E-state index in [2.05, 4.69) is 20.4 Å². The molecule has 0 aliphatic carbocycles. The molecule has 0 saturated carbocycles. The monoisotopic (exact) mass is 391 g/mol. The quantitative estimate of drug-likeness (QED) is 0.504. The largest absolute Gasteiger partial charge is 0.466 e. The van der Waals surface area contributed by atoms with Crippen molar-refractivity contribution in [2.45, 2.75) is 13.3 Å². The molecule has 0 atom stereocenters. The van der Waals surface area contributed by atoms with Gasteiger partial charge in [-0.1, -0.05) is 24.3 Å². The minimum Gasteiger partial charge on any atom is -0.466 e. The highest BCUT2D eigenvalue weighted by atomic mass is 19.1. The number of nitrogens with zero attached hydrogens (tertiary/aromatic N) is 4. The van der Waals surface area contributed by atoms with Crippen LogP contribution in [0.2, 0.25) is 0 Å². The third kappa shape index (κ3) is 4.21. The fraction of sp³-hybridized carbons (Fsp3) is 0.143. The molecule has 8 heteroatoms. The number of rotatable bonds is 6. The number of aromatic nitrogens is 4. The van der Waals surface area contributed by atoms with Crippen LogP contribution in [0.3, 0.4) is 0 Å². The first-order valence-electron chi connectivity index (χ1n) is 9.10. The number of nitrogens with one attached hydrogen (secondary N) is 1. The Morgan fingerprint density at radius 1 is 1.17 bits per heavy atom. The molecule has 0 aliphatic rings. The fourth-order valence-electron chi connectivity index (χ4n) is 2.96. The van der Waals surface area contributed by atoms with Crippen molar-refractivity contribution in [3.8, 4) is 11.3 Å². The van der Waals surface area contributed by atoms with E-state index in [1.807, 2.05) is 24.3 Å². The molecule has 0 radical (unpaired) electrons. The number of esters is 1. The van der Waals surface area contributed by atoms with Crippen LogP contribution in [-0.4, -0.2) is 32.2 Å². The summed E-state index contributed by atoms with van der Waals surface area (Å²) in [5.74, 6) is 0.349. The second-order valence-corrected chi connectivity index (χ2v) is 6.31. The summed E-state index contributed by atoms with van der Waals surface area (Å²) in [4.78, 5) is 20.2. The van der Waals surface area contributed by atoms with E-state index in [1.54, 1.807) is 29.6 Å². The Morgan fingerprint density at radius 2 is 2.00 bits per heavy atom. The van der Waals surface area contributed by atoms with Crippen molar-refractivity contribution in [3.05, 3.63) is 72.3 Å². The molecule has 4 aromatic rings. The Bertz CT molecular complexity index is 1160. The van der Waals surface area contributed by atoms with Crippen LogP contribution in [0, 0.1) is 5.82 Å². The van der Waals surface area contributed by atoms with Gasteiger partial charge in [-0.2, -0.15) is 19.6 Å². The summed E-state index contributed by atoms with van der Waals surface area (Å²) < 4.78 is 20.2. The first kappa shape index (κ1) is 18.5. The van der Waals surface area contributed by atoms with Crippen molar-refractivity contribution in [1.29, 1.82) is 0 Å². The molecule has 146 valence electrons. The van der Waals surface area contributed by atoms with E-state index >= 15 is 0 Å². The molecule has 7 nitrogen and oxygen atoms in total. The lowest BCUT2D eigenvalue weighted by atomic mass is 10.1. The summed E-state index contributed by atoms with van der Waals surface area (Å²) in [5.41, 5.74) is 2.97. The average molecular weight is 391 g/mol. The number of carbonyl (C=O) groups excluding carboxylic acids is 1. The highest BCUT2D eigenvalue weighted by Crippen LogP contribution is 2.25. The van der Waals surface area contributed by atoms with Crippen molar-refractivity contribution >= 4 is 23.3 Å². The number of ether oxygens (including phenoxy) is 1. The highest BCUT2D eigenvalue weighted by Gasteiger charge is 2.11. The standard InChI is InChI=1S/C21H18FN5O2/c1-2-29-20(28)10-14-6-8-17(9-7-14)25-19-12-18(15-4-3-5-16(22)11-15)27-21(26-19)23-13-24-27/h3-9,11-13H,2,10H2,1H3,(H,23,24,25,26). The van der Waals surface area contributed by atoms with E-state index in [1.165, 1.54) is 18.5 Å². The lowest BCUT2D eigenvalue weighted by Crippen LogP contribution is -2.07. The number of anilines is 2. The molecule has 2 aromatic carbocycles. The van der Waals surface area contributed by atoms with Gasteiger partial charge < -0.3 is 10.1 Å². The molecule has 0 fully saturated rings. The molecule has 0 amide bonds. The zero-order valence-corrected chi connectivity index (χ0v) is 15.7. The van der Waals surface area contributed by atoms with Crippen LogP contribution < -0.4 is 5.32 Å². The van der Waals surface area contributed by atoms with Crippen LogP contribution in [0.4, 0.5) is 15.9 Å². The number of hydrogen-bond acceptors (Lipinski definition) is 6. The third-order valence-corrected chi connectivity index (χ3v) is 4.25. The molecule has 4 rings (SSSR count). The third-order valence-electron chi connectivity index (χ3n) is 4.25. The topological polar surface area (TPSA) is 81.4 Å². The zero-order valence-electron chi connectivity index (χ0n) is 15.7. The normalized spacial score (nSPS) is 10.8. The van der Waals surface area contributed by atoms with Gasteiger partial charge in [0.25, 0.3) is 5.78 Å². The first-order chi connectivity index (χ1) is 14.1. The fourth-order valence-corrected chi connectivity index (χ4v) is 2.96. The van der Waals surface area contributed by atoms with Gasteiger partial charge in [0.15, 0.2) is 0 Å². The predicted octanol–water partition coefficient (Wildman–Crippen LogP) is 3.78. The van der Waals surface area contributed by atoms with E-state index in [4.69, 9.17) is 4.74 Å². The Kier molecular flexibility index (Phi) is 5.15. The van der Waals surface area contributed by atoms with Gasteiger partial charge in [0, 0.05) is 17.3 Å². The minimum absolute atomic E-state index is 0.224. The molecule has 0 aliphatic heterocycles. The van der Waals surface area contributed by atoms with Crippen LogP contribution in [-0.2, 0) is 16.0 Å². The van der Waals surface area contributed by atoms with Crippen molar-refractivity contribution in [1.82, 2.24) is 19.6 Å². The predicted molar refractivity (Wildman–Crippen MR) is 106 cm³/mol. The molecule has 29 heavy (non-hydrogen) atoms. The van der Waals surface area contributed by atoms with Crippen LogP contribution in [0.1, 0.15) is 12.5 Å². The van der Waals surface area contributed by atoms with Crippen LogP contribution in [0.5, 0.6) is 0 Å². The van der Waals surface area contributed by atoms with Crippen molar-refractivity contribution in [3.63, 3.8) is 0 Å². The summed E-state index contributed by atoms with van der Waals surface area (Å²) in [7, 11) is 0. The van der Waals surface area contributed by atoms with Gasteiger partial charge in [-0.15, -0.1) is 0 Å². The summed E-state index contributed by atoms with van der Waals surface area (Å²) in [6.07, 6.45) is 1.63. The van der Waals surface area contributed by atoms with Gasteiger partial charge in [0.05, 0.1) is 18.7 Å². The number of halogens is 1. The Hall–Kier alpha value is -3.81. The van der Waals surface area contributed by atoms with Gasteiger partial charge in [-0.3, -0.25) is 4.79 Å². The number of carbonyl (C=O) groups is 1. The maximum atomic E-state index is 13.7. The second kappa shape index (κ2) is 8.05. The molecular weight excluding hydrogens is 373 g/mol. The molecule has 2 aromatic heterocycles. The molecule has 0 bridgehead atoms. The van der Waals surface area contributed by atoms with E-state index in [0.29, 0.717) is 29.5 Å². The smallest absolute Gasteiger partial charge is 0.310 e. The first-order valence-corrected chi connectivity index (χ1v) is 9.10. The Balaban J connectivity index is 1.61. The van der Waals surface area contributed by atoms with E-state index in [0.717, 1.165) is 11.3 Å². The number of benzene rings is 2. The van der Waals surface area contributed by atoms with Gasteiger partial charge in [-0.25, -0.2) is 4.39 Å². The lowest BCUT2D eigenvalue weighted by Gasteiger charge is -2.10. The summed E-state index contributed by atoms with van der Waals surface area (Å²) in [6.45, 7) is 2.14.